The lowest BCUT2D eigenvalue weighted by atomic mass is 10.1. The molecule has 3 N–H and O–H groups in total. The summed E-state index contributed by atoms with van der Waals surface area (Å²) in [6.45, 7) is 1.89. The summed E-state index contributed by atoms with van der Waals surface area (Å²) in [6.07, 6.45) is 5.09. The van der Waals surface area contributed by atoms with Gasteiger partial charge in [0.05, 0.1) is 17.8 Å². The van der Waals surface area contributed by atoms with E-state index in [2.05, 4.69) is 15.6 Å². The minimum Gasteiger partial charge on any atom is -0.481 e. The maximum atomic E-state index is 11.8. The molecule has 6 nitrogen and oxygen atoms in total. The van der Waals surface area contributed by atoms with Crippen LogP contribution in [0.15, 0.2) is 18.5 Å². The summed E-state index contributed by atoms with van der Waals surface area (Å²) in [4.78, 5) is 26.6. The topological polar surface area (TPSA) is 91.3 Å². The molecule has 102 valence electrons. The molecule has 1 saturated carbocycles. The van der Waals surface area contributed by atoms with Crippen LogP contribution in [0.2, 0.25) is 0 Å². The second kappa shape index (κ2) is 5.69. The van der Waals surface area contributed by atoms with Gasteiger partial charge >= 0.3 is 12.0 Å². The molecule has 0 spiro atoms. The first-order valence-electron chi connectivity index (χ1n) is 6.26. The minimum atomic E-state index is -0.785. The number of carbonyl (C=O) groups excluding carboxylic acids is 1. The van der Waals surface area contributed by atoms with Gasteiger partial charge in [0.2, 0.25) is 0 Å². The van der Waals surface area contributed by atoms with Crippen LogP contribution < -0.4 is 10.6 Å². The van der Waals surface area contributed by atoms with E-state index < -0.39 is 5.97 Å². The third-order valence-corrected chi connectivity index (χ3v) is 3.25. The van der Waals surface area contributed by atoms with E-state index in [1.807, 2.05) is 13.0 Å². The molecule has 0 aliphatic heterocycles. The lowest BCUT2D eigenvalue weighted by molar-refractivity contribution is -0.141. The zero-order valence-electron chi connectivity index (χ0n) is 10.7. The van der Waals surface area contributed by atoms with Crippen molar-refractivity contribution in [3.8, 4) is 0 Å². The average Bonchev–Trinajstić information content (AvgIpc) is 2.77. The van der Waals surface area contributed by atoms with E-state index in [0.717, 1.165) is 5.56 Å². The Morgan fingerprint density at radius 3 is 2.79 bits per heavy atom. The van der Waals surface area contributed by atoms with Gasteiger partial charge in [-0.3, -0.25) is 9.78 Å². The molecular formula is C13H17N3O3. The van der Waals surface area contributed by atoms with Gasteiger partial charge in [-0.15, -0.1) is 0 Å². The van der Waals surface area contributed by atoms with Gasteiger partial charge in [0.15, 0.2) is 0 Å². The molecule has 0 radical (unpaired) electrons. The Labute approximate surface area is 111 Å². The van der Waals surface area contributed by atoms with Crippen LogP contribution in [0.4, 0.5) is 10.5 Å². The summed E-state index contributed by atoms with van der Waals surface area (Å²) in [6, 6.07) is 1.43. The molecule has 0 saturated heterocycles. The third-order valence-electron chi connectivity index (χ3n) is 3.25. The summed E-state index contributed by atoms with van der Waals surface area (Å²) < 4.78 is 0. The van der Waals surface area contributed by atoms with Crippen LogP contribution in [0.5, 0.6) is 0 Å². The Kier molecular flexibility index (Phi) is 3.99. The first-order valence-corrected chi connectivity index (χ1v) is 6.26. The lowest BCUT2D eigenvalue weighted by Gasteiger charge is -2.13. The van der Waals surface area contributed by atoms with E-state index in [4.69, 9.17) is 5.11 Å². The first kappa shape index (κ1) is 13.3. The smallest absolute Gasteiger partial charge is 0.319 e. The molecule has 1 fully saturated rings. The largest absolute Gasteiger partial charge is 0.481 e. The van der Waals surface area contributed by atoms with E-state index in [-0.39, 0.29) is 18.0 Å². The number of pyridine rings is 1. The fourth-order valence-corrected chi connectivity index (χ4v) is 2.31. The molecule has 6 heteroatoms. The highest BCUT2D eigenvalue weighted by molar-refractivity contribution is 5.89. The molecule has 0 unspecified atom stereocenters. The van der Waals surface area contributed by atoms with Crippen LogP contribution in [0, 0.1) is 12.8 Å². The van der Waals surface area contributed by atoms with Crippen LogP contribution in [-0.2, 0) is 4.79 Å². The second-order valence-corrected chi connectivity index (χ2v) is 4.89. The highest BCUT2D eigenvalue weighted by atomic mass is 16.4. The number of aryl methyl sites for hydroxylation is 1. The van der Waals surface area contributed by atoms with Crippen molar-refractivity contribution in [1.82, 2.24) is 10.3 Å². The third kappa shape index (κ3) is 3.67. The summed E-state index contributed by atoms with van der Waals surface area (Å²) >= 11 is 0. The number of urea groups is 1. The van der Waals surface area contributed by atoms with Gasteiger partial charge in [-0.2, -0.15) is 0 Å². The van der Waals surface area contributed by atoms with E-state index in [9.17, 15) is 9.59 Å². The molecule has 1 heterocycles. The predicted octanol–water partition coefficient (Wildman–Crippen LogP) is 1.76. The second-order valence-electron chi connectivity index (χ2n) is 4.89. The van der Waals surface area contributed by atoms with E-state index in [0.29, 0.717) is 24.9 Å². The van der Waals surface area contributed by atoms with E-state index >= 15 is 0 Å². The van der Waals surface area contributed by atoms with Gasteiger partial charge in [-0.25, -0.2) is 4.79 Å². The minimum absolute atomic E-state index is 0.0705. The van der Waals surface area contributed by atoms with Gasteiger partial charge in [-0.05, 0) is 37.8 Å². The number of hydrogen-bond acceptors (Lipinski definition) is 3. The number of carboxylic acids is 1. The van der Waals surface area contributed by atoms with Crippen LogP contribution in [-0.4, -0.2) is 28.1 Å². The summed E-state index contributed by atoms with van der Waals surface area (Å²) in [5.41, 5.74) is 1.59. The van der Waals surface area contributed by atoms with Crippen LogP contribution in [0.3, 0.4) is 0 Å². The van der Waals surface area contributed by atoms with Gasteiger partial charge in [0.25, 0.3) is 0 Å². The number of hydrogen-bond donors (Lipinski definition) is 3. The van der Waals surface area contributed by atoms with Gasteiger partial charge in [0.1, 0.15) is 0 Å². The predicted molar refractivity (Wildman–Crippen MR) is 69.9 cm³/mol. The molecule has 1 aromatic heterocycles. The van der Waals surface area contributed by atoms with Gasteiger partial charge < -0.3 is 15.7 Å². The maximum absolute atomic E-state index is 11.8. The van der Waals surface area contributed by atoms with Crippen molar-refractivity contribution in [2.75, 3.05) is 5.32 Å². The van der Waals surface area contributed by atoms with E-state index in [1.54, 1.807) is 12.4 Å². The molecule has 2 rings (SSSR count). The average molecular weight is 263 g/mol. The zero-order chi connectivity index (χ0) is 13.8. The Morgan fingerprint density at radius 2 is 2.16 bits per heavy atom. The normalized spacial score (nSPS) is 21.9. The van der Waals surface area contributed by atoms with Crippen molar-refractivity contribution >= 4 is 17.7 Å². The summed E-state index contributed by atoms with van der Waals surface area (Å²) in [5.74, 6) is -1.13. The number of aliphatic carboxylic acids is 1. The van der Waals surface area contributed by atoms with Crippen molar-refractivity contribution in [2.45, 2.75) is 32.2 Å². The number of rotatable bonds is 3. The van der Waals surface area contributed by atoms with E-state index in [1.165, 1.54) is 0 Å². The molecule has 0 bridgehead atoms. The van der Waals surface area contributed by atoms with Crippen molar-refractivity contribution < 1.29 is 14.7 Å². The molecule has 0 aromatic carbocycles. The fourth-order valence-electron chi connectivity index (χ4n) is 2.31. The van der Waals surface area contributed by atoms with Crippen LogP contribution in [0.1, 0.15) is 24.8 Å². The number of nitrogens with one attached hydrogen (secondary N) is 2. The Balaban J connectivity index is 1.84. The SMILES string of the molecule is Cc1cncc(NC(=O)N[C@H]2CC[C@@H](C(=O)O)C2)c1. The molecule has 2 amide bonds. The Bertz CT molecular complexity index is 490. The molecule has 2 atom stereocenters. The van der Waals surface area contributed by atoms with Gasteiger partial charge in [0, 0.05) is 12.2 Å². The van der Waals surface area contributed by atoms with Crippen molar-refractivity contribution in [1.29, 1.82) is 0 Å². The molecule has 19 heavy (non-hydrogen) atoms. The highest BCUT2D eigenvalue weighted by Crippen LogP contribution is 2.25. The molecule has 1 aliphatic rings. The number of carboxylic acid groups (broad SMARTS) is 1. The summed E-state index contributed by atoms with van der Waals surface area (Å²) in [7, 11) is 0. The van der Waals surface area contributed by atoms with Crippen LogP contribution in [0.25, 0.3) is 0 Å². The quantitative estimate of drug-likeness (QED) is 0.775. The molecular weight excluding hydrogens is 246 g/mol. The maximum Gasteiger partial charge on any atom is 0.319 e. The Morgan fingerprint density at radius 1 is 1.37 bits per heavy atom. The lowest BCUT2D eigenvalue weighted by Crippen LogP contribution is -2.36. The van der Waals surface area contributed by atoms with Crippen LogP contribution >= 0.6 is 0 Å². The Hall–Kier alpha value is -2.11. The van der Waals surface area contributed by atoms with Gasteiger partial charge in [-0.1, -0.05) is 0 Å². The molecule has 1 aliphatic carbocycles. The van der Waals surface area contributed by atoms with Crippen molar-refractivity contribution in [3.63, 3.8) is 0 Å². The number of anilines is 1. The van der Waals surface area contributed by atoms with Crippen molar-refractivity contribution in [2.24, 2.45) is 5.92 Å². The monoisotopic (exact) mass is 263 g/mol. The number of carbonyl (C=O) groups is 2. The van der Waals surface area contributed by atoms with Crippen molar-refractivity contribution in [3.05, 3.63) is 24.0 Å². The molecule has 1 aromatic rings. The number of nitrogens with zero attached hydrogens (tertiary/aromatic N) is 1. The number of aromatic nitrogens is 1. The summed E-state index contributed by atoms with van der Waals surface area (Å²) in [5, 5.41) is 14.4. The zero-order valence-corrected chi connectivity index (χ0v) is 10.7. The number of amides is 2. The standard InChI is InChI=1S/C13H17N3O3/c1-8-4-11(7-14-6-8)16-13(19)15-10-3-2-9(5-10)12(17)18/h4,6-7,9-10H,2-3,5H2,1H3,(H,17,18)(H2,15,16,19)/t9-,10+/m1/s1. The highest BCUT2D eigenvalue weighted by Gasteiger charge is 2.30. The fraction of sp³-hybridized carbons (Fsp3) is 0.462. The first-order chi connectivity index (χ1) is 9.04.